The number of hydrogen-bond donors (Lipinski definition) is 0. The molecule has 8 heteroatoms. The molecular formula is C28H23ClN2O5. The molecule has 36 heavy (non-hydrogen) atoms. The summed E-state index contributed by atoms with van der Waals surface area (Å²) in [7, 11) is 0. The summed E-state index contributed by atoms with van der Waals surface area (Å²) in [4.78, 5) is 54.7. The molecule has 3 amide bonds. The van der Waals surface area contributed by atoms with Crippen molar-refractivity contribution in [2.45, 2.75) is 12.8 Å². The van der Waals surface area contributed by atoms with Gasteiger partial charge in [0.15, 0.2) is 0 Å². The van der Waals surface area contributed by atoms with Gasteiger partial charge in [-0.15, -0.1) is 0 Å². The number of ether oxygens (including phenoxy) is 1. The van der Waals surface area contributed by atoms with Gasteiger partial charge in [-0.1, -0.05) is 35.9 Å². The summed E-state index contributed by atoms with van der Waals surface area (Å²) in [6, 6.07) is 13.5. The van der Waals surface area contributed by atoms with Crippen molar-refractivity contribution in [2.75, 3.05) is 16.3 Å². The highest BCUT2D eigenvalue weighted by atomic mass is 35.5. The Bertz CT molecular complexity index is 1320. The number of allylic oxidation sites excluding steroid dienone is 2. The van der Waals surface area contributed by atoms with Crippen LogP contribution in [0.25, 0.3) is 0 Å². The number of para-hydroxylation sites is 1. The lowest BCUT2D eigenvalue weighted by Crippen LogP contribution is -2.40. The molecule has 0 aromatic heterocycles. The normalized spacial score (nSPS) is 33.7. The Morgan fingerprint density at radius 2 is 1.53 bits per heavy atom. The Balaban J connectivity index is 1.04. The summed E-state index contributed by atoms with van der Waals surface area (Å²) in [5.41, 5.74) is 1.07. The third-order valence-electron chi connectivity index (χ3n) is 8.58. The molecule has 4 fully saturated rings. The molecule has 2 bridgehead atoms. The minimum Gasteiger partial charge on any atom is -0.426 e. The van der Waals surface area contributed by atoms with Crippen molar-refractivity contribution in [1.29, 1.82) is 0 Å². The van der Waals surface area contributed by atoms with Gasteiger partial charge in [0.05, 0.1) is 34.2 Å². The van der Waals surface area contributed by atoms with Crippen LogP contribution < -0.4 is 14.5 Å². The molecular weight excluding hydrogens is 480 g/mol. The van der Waals surface area contributed by atoms with E-state index in [4.69, 9.17) is 16.3 Å². The summed E-state index contributed by atoms with van der Waals surface area (Å²) in [6.07, 6.45) is 5.47. The van der Waals surface area contributed by atoms with Gasteiger partial charge in [0.2, 0.25) is 17.7 Å². The Morgan fingerprint density at radius 1 is 0.889 bits per heavy atom. The molecule has 0 unspecified atom stereocenters. The van der Waals surface area contributed by atoms with Gasteiger partial charge in [-0.2, -0.15) is 0 Å². The zero-order valence-corrected chi connectivity index (χ0v) is 20.0. The maximum absolute atomic E-state index is 13.3. The molecule has 2 heterocycles. The predicted octanol–water partition coefficient (Wildman–Crippen LogP) is 3.86. The Kier molecular flexibility index (Phi) is 4.71. The smallest absolute Gasteiger partial charge is 0.316 e. The number of carbonyl (C=O) groups is 4. The van der Waals surface area contributed by atoms with Gasteiger partial charge in [-0.3, -0.25) is 24.1 Å². The number of benzene rings is 2. The van der Waals surface area contributed by atoms with Crippen molar-refractivity contribution < 1.29 is 23.9 Å². The van der Waals surface area contributed by atoms with Crippen molar-refractivity contribution >= 4 is 46.7 Å². The van der Waals surface area contributed by atoms with Crippen LogP contribution in [-0.2, 0) is 19.2 Å². The van der Waals surface area contributed by atoms with Gasteiger partial charge in [0, 0.05) is 13.0 Å². The molecule has 0 spiro atoms. The van der Waals surface area contributed by atoms with Gasteiger partial charge in [0.1, 0.15) is 5.75 Å². The van der Waals surface area contributed by atoms with Crippen LogP contribution in [0.1, 0.15) is 12.8 Å². The second kappa shape index (κ2) is 7.77. The maximum atomic E-state index is 13.3. The number of imide groups is 1. The lowest BCUT2D eigenvalue weighted by Gasteiger charge is -2.37. The molecule has 182 valence electrons. The topological polar surface area (TPSA) is 84.0 Å². The number of halogens is 1. The number of amides is 3. The molecule has 2 saturated heterocycles. The van der Waals surface area contributed by atoms with Crippen molar-refractivity contribution in [3.8, 4) is 5.75 Å². The van der Waals surface area contributed by atoms with Gasteiger partial charge in [-0.25, -0.2) is 0 Å². The van der Waals surface area contributed by atoms with Crippen molar-refractivity contribution in [3.63, 3.8) is 0 Å². The number of anilines is 2. The molecule has 2 saturated carbocycles. The second-order valence-electron chi connectivity index (χ2n) is 10.4. The Morgan fingerprint density at radius 3 is 2.17 bits per heavy atom. The monoisotopic (exact) mass is 502 g/mol. The molecule has 4 aliphatic carbocycles. The van der Waals surface area contributed by atoms with E-state index in [-0.39, 0.29) is 54.4 Å². The van der Waals surface area contributed by atoms with Gasteiger partial charge in [-0.05, 0) is 66.5 Å². The molecule has 8 rings (SSSR count). The lowest BCUT2D eigenvalue weighted by molar-refractivity contribution is -0.139. The third-order valence-corrected chi connectivity index (χ3v) is 8.90. The fourth-order valence-corrected chi connectivity index (χ4v) is 7.08. The van der Waals surface area contributed by atoms with Gasteiger partial charge in [0.25, 0.3) is 0 Å². The van der Waals surface area contributed by atoms with Crippen molar-refractivity contribution in [1.82, 2.24) is 0 Å². The Labute approximate surface area is 212 Å². The fraction of sp³-hybridized carbons (Fsp3) is 0.357. The van der Waals surface area contributed by atoms with Crippen LogP contribution >= 0.6 is 11.6 Å². The SMILES string of the molecule is O=C(Oc1ccc(N2C(=O)[C@@H]3[C@H]4C=C[C@@H]([C@@H]5C[C@H]45)[C@H]3C2=O)cc1)[C@@H]1CC(=O)N(c2ccccc2Cl)C1. The van der Waals surface area contributed by atoms with E-state index in [0.717, 1.165) is 6.42 Å². The average molecular weight is 503 g/mol. The van der Waals surface area contributed by atoms with Gasteiger partial charge >= 0.3 is 5.97 Å². The van der Waals surface area contributed by atoms with Crippen LogP contribution in [0, 0.1) is 41.4 Å². The average Bonchev–Trinajstić information content (AvgIpc) is 3.56. The zero-order chi connectivity index (χ0) is 24.7. The van der Waals surface area contributed by atoms with E-state index >= 15 is 0 Å². The van der Waals surface area contributed by atoms with E-state index in [1.807, 2.05) is 0 Å². The standard InChI is InChI=1S/C28H23ClN2O5/c29-21-3-1-2-4-22(21)30-13-14(11-23(30)32)28(35)36-16-7-5-15(6-8-16)31-26(33)24-17-9-10-18(20-12-19(17)20)25(24)27(31)34/h1-10,14,17-20,24-25H,11-13H2/t14-,17+,18+,19-,20+,24-,25-/m1/s1. The summed E-state index contributed by atoms with van der Waals surface area (Å²) in [5.74, 6) is -0.318. The highest BCUT2D eigenvalue weighted by molar-refractivity contribution is 6.34. The van der Waals surface area contributed by atoms with Crippen LogP contribution in [0.4, 0.5) is 11.4 Å². The minimum absolute atomic E-state index is 0.0417. The maximum Gasteiger partial charge on any atom is 0.316 e. The number of carbonyl (C=O) groups excluding carboxylic acids is 4. The van der Waals surface area contributed by atoms with Gasteiger partial charge < -0.3 is 9.64 Å². The van der Waals surface area contributed by atoms with E-state index in [2.05, 4.69) is 12.2 Å². The van der Waals surface area contributed by atoms with Crippen molar-refractivity contribution in [3.05, 3.63) is 65.7 Å². The lowest BCUT2D eigenvalue weighted by atomic mass is 9.63. The zero-order valence-electron chi connectivity index (χ0n) is 19.2. The number of esters is 1. The van der Waals surface area contributed by atoms with Crippen LogP contribution in [0.2, 0.25) is 5.02 Å². The molecule has 7 atom stereocenters. The Hall–Kier alpha value is -3.45. The first-order valence-electron chi connectivity index (χ1n) is 12.3. The van der Waals surface area contributed by atoms with Crippen LogP contribution in [0.3, 0.4) is 0 Å². The van der Waals surface area contributed by atoms with E-state index in [1.54, 1.807) is 48.5 Å². The first kappa shape index (κ1) is 21.8. The molecule has 2 aromatic carbocycles. The second-order valence-corrected chi connectivity index (χ2v) is 10.8. The quantitative estimate of drug-likeness (QED) is 0.274. The van der Waals surface area contributed by atoms with Crippen LogP contribution in [0.15, 0.2) is 60.7 Å². The van der Waals surface area contributed by atoms with E-state index < -0.39 is 11.9 Å². The summed E-state index contributed by atoms with van der Waals surface area (Å²) in [5, 5.41) is 0.446. The number of rotatable bonds is 4. The molecule has 0 N–H and O–H groups in total. The van der Waals surface area contributed by atoms with E-state index in [0.29, 0.717) is 34.0 Å². The summed E-state index contributed by atoms with van der Waals surface area (Å²) in [6.45, 7) is 0.192. The first-order valence-corrected chi connectivity index (χ1v) is 12.7. The molecule has 2 aliphatic heterocycles. The van der Waals surface area contributed by atoms with Crippen molar-refractivity contribution in [2.24, 2.45) is 41.4 Å². The molecule has 6 aliphatic rings. The molecule has 2 aromatic rings. The minimum atomic E-state index is -0.618. The van der Waals surface area contributed by atoms with E-state index in [1.165, 1.54) is 9.80 Å². The first-order chi connectivity index (χ1) is 17.4. The fourth-order valence-electron chi connectivity index (χ4n) is 6.84. The number of nitrogens with zero attached hydrogens (tertiary/aromatic N) is 2. The highest BCUT2D eigenvalue weighted by Gasteiger charge is 2.67. The number of hydrogen-bond acceptors (Lipinski definition) is 5. The van der Waals surface area contributed by atoms with E-state index in [9.17, 15) is 19.2 Å². The largest absolute Gasteiger partial charge is 0.426 e. The molecule has 7 nitrogen and oxygen atoms in total. The van der Waals surface area contributed by atoms with Crippen LogP contribution in [0.5, 0.6) is 5.75 Å². The summed E-state index contributed by atoms with van der Waals surface area (Å²) < 4.78 is 5.54. The molecule has 0 radical (unpaired) electrons. The predicted molar refractivity (Wildman–Crippen MR) is 131 cm³/mol. The summed E-state index contributed by atoms with van der Waals surface area (Å²) >= 11 is 6.22. The van der Waals surface area contributed by atoms with Crippen LogP contribution in [-0.4, -0.2) is 30.2 Å². The highest BCUT2D eigenvalue weighted by Crippen LogP contribution is 2.65. The third kappa shape index (κ3) is 3.11.